The van der Waals surface area contributed by atoms with Gasteiger partial charge in [0.2, 0.25) is 11.8 Å². The molecule has 11 rings (SSSR count). The standard InChI is InChI=1S/C46H57F2N13O5/c1-54-41-35(3-2-4-36(41)61(46(54)65)37-9-10-39(62)52-45(37)64)57-14-11-29(12-15-57)24-56-19-17-55(18-20-56)23-28-5-7-30(8-6-28)60-26-34(40(53-60)42(47)48)50-44(63)33-22-49-59-16-13-38(51-43(33)59)58-25-32-21-31(58)27-66-32/h2-4,13,16,22,26,28-32,37,42H,5-12,14-15,17-21,23-25,27H2,1H3,(H,50,63)(H,52,62,64)/t28?,30?,31-,32-,37?/m0/s1. The van der Waals surface area contributed by atoms with E-state index < -0.39 is 30.0 Å². The molecule has 0 spiro atoms. The van der Waals surface area contributed by atoms with Crippen LogP contribution in [0.2, 0.25) is 0 Å². The number of halogens is 2. The number of piperazine rings is 1. The molecule has 66 heavy (non-hydrogen) atoms. The lowest BCUT2D eigenvalue weighted by Gasteiger charge is -2.41. The number of carbonyl (C=O) groups is 3. The zero-order valence-corrected chi connectivity index (χ0v) is 37.2. The molecule has 1 aromatic carbocycles. The second kappa shape index (κ2) is 17.5. The van der Waals surface area contributed by atoms with Gasteiger partial charge in [-0.1, -0.05) is 6.07 Å². The monoisotopic (exact) mass is 909 g/mol. The summed E-state index contributed by atoms with van der Waals surface area (Å²) in [6.07, 6.45) is 9.31. The first-order valence-corrected chi connectivity index (χ1v) is 23.7. The summed E-state index contributed by atoms with van der Waals surface area (Å²) < 4.78 is 40.8. The summed E-state index contributed by atoms with van der Waals surface area (Å²) >= 11 is 0. The predicted octanol–water partition coefficient (Wildman–Crippen LogP) is 3.99. The zero-order valence-electron chi connectivity index (χ0n) is 37.2. The van der Waals surface area contributed by atoms with Gasteiger partial charge in [0.05, 0.1) is 53.4 Å². The van der Waals surface area contributed by atoms with Crippen LogP contribution in [0.5, 0.6) is 0 Å². The normalized spacial score (nSPS) is 25.8. The van der Waals surface area contributed by atoms with E-state index in [1.54, 1.807) is 33.3 Å². The maximum Gasteiger partial charge on any atom is 0.329 e. The van der Waals surface area contributed by atoms with Crippen molar-refractivity contribution >= 4 is 51.6 Å². The summed E-state index contributed by atoms with van der Waals surface area (Å²) in [7, 11) is 1.76. The molecule has 1 saturated carbocycles. The van der Waals surface area contributed by atoms with Crippen LogP contribution in [-0.2, 0) is 21.4 Å². The van der Waals surface area contributed by atoms with Crippen molar-refractivity contribution in [2.45, 2.75) is 88.4 Å². The number of imide groups is 1. The zero-order chi connectivity index (χ0) is 45.2. The van der Waals surface area contributed by atoms with Crippen molar-refractivity contribution in [3.8, 4) is 0 Å². The van der Waals surface area contributed by atoms with Crippen LogP contribution in [-0.4, -0.2) is 139 Å². The molecule has 350 valence electrons. The van der Waals surface area contributed by atoms with Crippen LogP contribution in [0.1, 0.15) is 92.3 Å². The van der Waals surface area contributed by atoms with E-state index in [9.17, 15) is 28.0 Å². The molecule has 20 heteroatoms. The van der Waals surface area contributed by atoms with E-state index in [-0.39, 0.29) is 47.5 Å². The van der Waals surface area contributed by atoms with Crippen molar-refractivity contribution in [3.05, 3.63) is 64.6 Å². The minimum atomic E-state index is -2.85. The van der Waals surface area contributed by atoms with Crippen LogP contribution >= 0.6 is 0 Å². The molecule has 18 nitrogen and oxygen atoms in total. The number of anilines is 3. The fourth-order valence-electron chi connectivity index (χ4n) is 11.6. The van der Waals surface area contributed by atoms with Gasteiger partial charge >= 0.3 is 5.69 Å². The molecule has 1 aliphatic carbocycles. The fourth-order valence-corrected chi connectivity index (χ4v) is 11.6. The highest BCUT2D eigenvalue weighted by molar-refractivity contribution is 6.08. The van der Waals surface area contributed by atoms with Gasteiger partial charge in [0, 0.05) is 84.8 Å². The van der Waals surface area contributed by atoms with Gasteiger partial charge in [0.1, 0.15) is 17.4 Å². The van der Waals surface area contributed by atoms with Gasteiger partial charge in [-0.3, -0.25) is 33.5 Å². The summed E-state index contributed by atoms with van der Waals surface area (Å²) in [5.74, 6) is 0.570. The summed E-state index contributed by atoms with van der Waals surface area (Å²) in [4.78, 5) is 66.1. The Morgan fingerprint density at radius 1 is 0.924 bits per heavy atom. The first-order valence-electron chi connectivity index (χ1n) is 23.7. The third-order valence-corrected chi connectivity index (χ3v) is 15.3. The highest BCUT2D eigenvalue weighted by Crippen LogP contribution is 2.37. The molecule has 2 N–H and O–H groups in total. The largest absolute Gasteiger partial charge is 0.374 e. The minimum absolute atomic E-state index is 0.00928. The smallest absolute Gasteiger partial charge is 0.329 e. The molecule has 0 radical (unpaired) electrons. The van der Waals surface area contributed by atoms with Crippen LogP contribution in [0.15, 0.2) is 47.7 Å². The average Bonchev–Trinajstić information content (AvgIpc) is 4.18. The SMILES string of the molecule is Cn1c(=O)n(C2CCC(=O)NC2=O)c2cccc(N3CCC(CN4CCN(CC5CCC(n6cc(NC(=O)c7cnn8ccc(N9C[C@@H]%10C[C@H]9CO%10)nc78)c(C(F)F)n6)CC5)CC4)CC3)c21. The maximum absolute atomic E-state index is 14.3. The van der Waals surface area contributed by atoms with E-state index in [0.29, 0.717) is 36.0 Å². The van der Waals surface area contributed by atoms with E-state index in [4.69, 9.17) is 9.72 Å². The van der Waals surface area contributed by atoms with Gasteiger partial charge in [0.25, 0.3) is 12.3 Å². The maximum atomic E-state index is 14.3. The lowest BCUT2D eigenvalue weighted by atomic mass is 9.85. The second-order valence-electron chi connectivity index (χ2n) is 19.3. The third-order valence-electron chi connectivity index (χ3n) is 15.3. The highest BCUT2D eigenvalue weighted by atomic mass is 19.3. The van der Waals surface area contributed by atoms with Crippen molar-refractivity contribution in [1.82, 2.24) is 48.6 Å². The number of morpholine rings is 1. The van der Waals surface area contributed by atoms with E-state index in [1.807, 2.05) is 18.2 Å². The number of hydrogen-bond donors (Lipinski definition) is 2. The molecule has 6 fully saturated rings. The molecule has 1 unspecified atom stereocenters. The third kappa shape index (κ3) is 8.03. The minimum Gasteiger partial charge on any atom is -0.374 e. The number of aryl methyl sites for hydroxylation is 1. The summed E-state index contributed by atoms with van der Waals surface area (Å²) in [5.41, 5.74) is 2.43. The number of piperidine rings is 2. The number of amides is 3. The van der Waals surface area contributed by atoms with Crippen LogP contribution in [0, 0.1) is 11.8 Å². The Kier molecular flexibility index (Phi) is 11.4. The number of nitrogens with one attached hydrogen (secondary N) is 2. The van der Waals surface area contributed by atoms with Crippen LogP contribution < -0.4 is 26.1 Å². The van der Waals surface area contributed by atoms with Gasteiger partial charge in [-0.2, -0.15) is 10.2 Å². The number of alkyl halides is 2. The Balaban J connectivity index is 0.646. The Hall–Kier alpha value is -5.73. The van der Waals surface area contributed by atoms with Crippen molar-refractivity contribution < 1.29 is 27.9 Å². The second-order valence-corrected chi connectivity index (χ2v) is 19.3. The topological polar surface area (TPSA) is 172 Å². The van der Waals surface area contributed by atoms with Gasteiger partial charge in [-0.05, 0) is 81.4 Å². The Labute approximate surface area is 379 Å². The van der Waals surface area contributed by atoms with Gasteiger partial charge in [0.15, 0.2) is 11.3 Å². The van der Waals surface area contributed by atoms with E-state index in [2.05, 4.69) is 46.5 Å². The number of aromatic nitrogens is 7. The molecule has 5 aromatic rings. The van der Waals surface area contributed by atoms with E-state index in [0.717, 1.165) is 121 Å². The molecule has 5 saturated heterocycles. The molecule has 3 atom stereocenters. The fraction of sp³-hybridized carbons (Fsp3) is 0.587. The van der Waals surface area contributed by atoms with Gasteiger partial charge in [-0.25, -0.2) is 23.1 Å². The molecule has 2 bridgehead atoms. The van der Waals surface area contributed by atoms with Crippen molar-refractivity contribution in [2.75, 3.05) is 80.6 Å². The number of hydrogen-bond acceptors (Lipinski definition) is 12. The number of ether oxygens (including phenoxy) is 1. The molecular formula is C46H57F2N13O5. The number of benzene rings is 1. The van der Waals surface area contributed by atoms with Crippen LogP contribution in [0.25, 0.3) is 16.7 Å². The molecule has 3 amide bonds. The molecule has 6 aliphatic rings. The number of para-hydroxylation sites is 1. The Morgan fingerprint density at radius 3 is 2.35 bits per heavy atom. The summed E-state index contributed by atoms with van der Waals surface area (Å²) in [6, 6.07) is 7.30. The molecule has 4 aromatic heterocycles. The van der Waals surface area contributed by atoms with E-state index >= 15 is 0 Å². The summed E-state index contributed by atoms with van der Waals surface area (Å²) in [5, 5.41) is 13.7. The van der Waals surface area contributed by atoms with Gasteiger partial charge in [-0.15, -0.1) is 0 Å². The average molecular weight is 910 g/mol. The van der Waals surface area contributed by atoms with Crippen molar-refractivity contribution in [3.63, 3.8) is 0 Å². The predicted molar refractivity (Wildman–Crippen MR) is 241 cm³/mol. The van der Waals surface area contributed by atoms with Crippen LogP contribution in [0.3, 0.4) is 0 Å². The van der Waals surface area contributed by atoms with E-state index in [1.165, 1.54) is 10.7 Å². The quantitative estimate of drug-likeness (QED) is 0.183. The van der Waals surface area contributed by atoms with Crippen molar-refractivity contribution in [2.24, 2.45) is 18.9 Å². The number of rotatable bonds is 11. The number of nitrogens with zero attached hydrogens (tertiary/aromatic N) is 11. The van der Waals surface area contributed by atoms with Crippen molar-refractivity contribution in [1.29, 1.82) is 0 Å². The molecular weight excluding hydrogens is 853 g/mol. The molecule has 5 aliphatic heterocycles. The van der Waals surface area contributed by atoms with Gasteiger partial charge < -0.3 is 29.7 Å². The van der Waals surface area contributed by atoms with Crippen LogP contribution in [0.4, 0.5) is 26.0 Å². The first kappa shape index (κ1) is 42.9. The lowest BCUT2D eigenvalue weighted by Crippen LogP contribution is -2.50. The number of carbonyl (C=O) groups excluding carboxylic acids is 3. The Bertz CT molecular complexity index is 2710. The first-order chi connectivity index (χ1) is 32.0. The summed E-state index contributed by atoms with van der Waals surface area (Å²) in [6.45, 7) is 9.38. The number of imidazole rings is 1. The number of fused-ring (bicyclic) bond motifs is 4. The molecule has 9 heterocycles. The highest BCUT2D eigenvalue weighted by Gasteiger charge is 2.40. The lowest BCUT2D eigenvalue weighted by molar-refractivity contribution is -0.135. The Morgan fingerprint density at radius 2 is 1.67 bits per heavy atom.